The number of amides is 1. The summed E-state index contributed by atoms with van der Waals surface area (Å²) in [6.45, 7) is 4.63. The molecule has 2 aromatic heterocycles. The molecular weight excluding hydrogens is 464 g/mol. The smallest absolute Gasteiger partial charge is 0.297 e. The number of hydrogen-bond donors (Lipinski definition) is 1. The van der Waals surface area contributed by atoms with Crippen LogP contribution in [-0.4, -0.2) is 33.9 Å². The van der Waals surface area contributed by atoms with Gasteiger partial charge in [-0.05, 0) is 44.5 Å². The van der Waals surface area contributed by atoms with Gasteiger partial charge in [-0.25, -0.2) is 13.8 Å². The molecule has 2 heterocycles. The van der Waals surface area contributed by atoms with Crippen LogP contribution in [0.2, 0.25) is 0 Å². The number of halogens is 2. The highest BCUT2D eigenvalue weighted by Crippen LogP contribution is 2.27. The van der Waals surface area contributed by atoms with Crippen LogP contribution in [0, 0.1) is 11.6 Å². The summed E-state index contributed by atoms with van der Waals surface area (Å²) in [7, 11) is 0. The van der Waals surface area contributed by atoms with Gasteiger partial charge in [-0.1, -0.05) is 23.9 Å². The minimum absolute atomic E-state index is 0.0668. The molecule has 0 bridgehead atoms. The first-order valence-corrected chi connectivity index (χ1v) is 11.7. The molecule has 0 aliphatic rings. The molecule has 0 radical (unpaired) electrons. The molecule has 0 spiro atoms. The van der Waals surface area contributed by atoms with Gasteiger partial charge in [-0.3, -0.25) is 14.2 Å². The van der Waals surface area contributed by atoms with Gasteiger partial charge in [0.1, 0.15) is 22.7 Å². The number of nitrogens with one attached hydrogen (secondary N) is 1. The molecule has 1 amide bonds. The summed E-state index contributed by atoms with van der Waals surface area (Å²) >= 11 is 1.05. The molecule has 0 aliphatic carbocycles. The number of benzene rings is 2. The fraction of sp³-hybridized carbons (Fsp3) is 0.292. The maximum Gasteiger partial charge on any atom is 0.297 e. The molecule has 0 aliphatic heterocycles. The second kappa shape index (κ2) is 10.4. The highest BCUT2D eigenvalue weighted by molar-refractivity contribution is 7.99. The molecular formula is C24H23F2N3O4S. The van der Waals surface area contributed by atoms with Crippen molar-refractivity contribution in [1.29, 1.82) is 0 Å². The number of anilines is 1. The zero-order valence-corrected chi connectivity index (χ0v) is 19.5. The number of aromatic nitrogens is 2. The molecule has 0 atom stereocenters. The molecule has 2 aromatic carbocycles. The number of para-hydroxylation sites is 1. The quantitative estimate of drug-likeness (QED) is 0.204. The minimum Gasteiger partial charge on any atom is -0.448 e. The Kier molecular flexibility index (Phi) is 7.28. The van der Waals surface area contributed by atoms with Crippen LogP contribution in [0.25, 0.3) is 22.1 Å². The third kappa shape index (κ3) is 5.28. The minimum atomic E-state index is -0.871. The Hall–Kier alpha value is -3.24. The Balaban J connectivity index is 1.60. The van der Waals surface area contributed by atoms with Gasteiger partial charge in [0.2, 0.25) is 11.5 Å². The third-order valence-electron chi connectivity index (χ3n) is 4.96. The van der Waals surface area contributed by atoms with Gasteiger partial charge in [0.15, 0.2) is 5.16 Å². The number of thioether (sulfide) groups is 1. The monoisotopic (exact) mass is 487 g/mol. The molecule has 0 unspecified atom stereocenters. The van der Waals surface area contributed by atoms with Crippen LogP contribution in [0.1, 0.15) is 20.3 Å². The zero-order valence-electron chi connectivity index (χ0n) is 18.6. The predicted octanol–water partition coefficient (Wildman–Crippen LogP) is 4.97. The normalized spacial score (nSPS) is 11.6. The van der Waals surface area contributed by atoms with Crippen molar-refractivity contribution in [3.05, 3.63) is 64.5 Å². The fourth-order valence-corrected chi connectivity index (χ4v) is 4.23. The van der Waals surface area contributed by atoms with Gasteiger partial charge in [-0.15, -0.1) is 0 Å². The number of hydrogen-bond acceptors (Lipinski definition) is 6. The first-order valence-electron chi connectivity index (χ1n) is 10.7. The van der Waals surface area contributed by atoms with E-state index in [0.29, 0.717) is 47.3 Å². The lowest BCUT2D eigenvalue weighted by Gasteiger charge is -2.13. The highest BCUT2D eigenvalue weighted by Gasteiger charge is 2.19. The summed E-state index contributed by atoms with van der Waals surface area (Å²) in [6, 6.07) is 10.1. The van der Waals surface area contributed by atoms with E-state index in [1.165, 1.54) is 4.57 Å². The Labute approximate surface area is 198 Å². The van der Waals surface area contributed by atoms with Gasteiger partial charge in [0.05, 0.1) is 17.5 Å². The lowest BCUT2D eigenvalue weighted by molar-refractivity contribution is -0.113. The van der Waals surface area contributed by atoms with Crippen LogP contribution < -0.4 is 10.9 Å². The van der Waals surface area contributed by atoms with Gasteiger partial charge in [0.25, 0.3) is 5.56 Å². The molecule has 0 saturated heterocycles. The Bertz CT molecular complexity index is 1400. The van der Waals surface area contributed by atoms with Crippen LogP contribution in [-0.2, 0) is 16.1 Å². The molecule has 0 saturated carbocycles. The van der Waals surface area contributed by atoms with Gasteiger partial charge in [0, 0.05) is 24.6 Å². The van der Waals surface area contributed by atoms with Crippen molar-refractivity contribution in [2.45, 2.75) is 38.1 Å². The summed E-state index contributed by atoms with van der Waals surface area (Å²) in [4.78, 5) is 30.3. The first-order chi connectivity index (χ1) is 16.3. The number of furan rings is 1. The fourth-order valence-electron chi connectivity index (χ4n) is 3.41. The summed E-state index contributed by atoms with van der Waals surface area (Å²) in [5.74, 6) is -2.26. The Morgan fingerprint density at radius 2 is 2.03 bits per heavy atom. The molecule has 34 heavy (non-hydrogen) atoms. The molecule has 4 aromatic rings. The Morgan fingerprint density at radius 3 is 2.79 bits per heavy atom. The topological polar surface area (TPSA) is 86.4 Å². The van der Waals surface area contributed by atoms with Crippen molar-refractivity contribution in [3.63, 3.8) is 0 Å². The van der Waals surface area contributed by atoms with E-state index in [-0.39, 0.29) is 28.7 Å². The number of carbonyl (C=O) groups excluding carboxylic acids is 1. The van der Waals surface area contributed by atoms with Crippen molar-refractivity contribution in [1.82, 2.24) is 9.55 Å². The first kappa shape index (κ1) is 23.9. The van der Waals surface area contributed by atoms with Gasteiger partial charge >= 0.3 is 0 Å². The summed E-state index contributed by atoms with van der Waals surface area (Å²) < 4.78 is 39.8. The van der Waals surface area contributed by atoms with Gasteiger partial charge in [-0.2, -0.15) is 0 Å². The predicted molar refractivity (Wildman–Crippen MR) is 127 cm³/mol. The van der Waals surface area contributed by atoms with E-state index in [4.69, 9.17) is 9.15 Å². The van der Waals surface area contributed by atoms with E-state index in [9.17, 15) is 18.4 Å². The second-order valence-electron chi connectivity index (χ2n) is 7.86. The van der Waals surface area contributed by atoms with Crippen molar-refractivity contribution >= 4 is 45.4 Å². The molecule has 0 fully saturated rings. The van der Waals surface area contributed by atoms with Crippen LogP contribution in [0.5, 0.6) is 0 Å². The van der Waals surface area contributed by atoms with E-state index in [1.54, 1.807) is 12.1 Å². The Morgan fingerprint density at radius 1 is 1.24 bits per heavy atom. The van der Waals surface area contributed by atoms with Crippen LogP contribution in [0.15, 0.2) is 56.8 Å². The van der Waals surface area contributed by atoms with Crippen LogP contribution >= 0.6 is 11.8 Å². The van der Waals surface area contributed by atoms with E-state index >= 15 is 0 Å². The van der Waals surface area contributed by atoms with Crippen molar-refractivity contribution in [3.8, 4) is 0 Å². The highest BCUT2D eigenvalue weighted by atomic mass is 32.2. The number of nitrogens with zero attached hydrogens (tertiary/aromatic N) is 2. The average Bonchev–Trinajstić information content (AvgIpc) is 3.17. The standard InChI is InChI=1S/C24H23F2N3O4S/c1-14(2)32-11-5-10-29-23(31)22-21(16-6-3-4-7-19(16)33-22)28-24(29)34-13-20(30)27-18-9-8-15(25)12-17(18)26/h3-4,6-9,12,14H,5,10-11,13H2,1-2H3,(H,27,30). The maximum absolute atomic E-state index is 13.9. The number of ether oxygens (including phenoxy) is 1. The number of fused-ring (bicyclic) bond motifs is 3. The van der Waals surface area contributed by atoms with E-state index in [1.807, 2.05) is 26.0 Å². The zero-order chi connectivity index (χ0) is 24.2. The van der Waals surface area contributed by atoms with Crippen molar-refractivity contribution < 1.29 is 22.7 Å². The second-order valence-corrected chi connectivity index (χ2v) is 8.80. The van der Waals surface area contributed by atoms with E-state index < -0.39 is 17.5 Å². The maximum atomic E-state index is 13.9. The molecule has 1 N–H and O–H groups in total. The molecule has 7 nitrogen and oxygen atoms in total. The third-order valence-corrected chi connectivity index (χ3v) is 5.94. The lowest BCUT2D eigenvalue weighted by Crippen LogP contribution is -2.25. The SMILES string of the molecule is CC(C)OCCCn1c(SCC(=O)Nc2ccc(F)cc2F)nc2c(oc3ccccc32)c1=O. The molecule has 10 heteroatoms. The van der Waals surface area contributed by atoms with Crippen LogP contribution in [0.3, 0.4) is 0 Å². The van der Waals surface area contributed by atoms with Crippen LogP contribution in [0.4, 0.5) is 14.5 Å². The summed E-state index contributed by atoms with van der Waals surface area (Å²) in [5, 5.41) is 3.45. The van der Waals surface area contributed by atoms with Crippen molar-refractivity contribution in [2.75, 3.05) is 17.7 Å². The van der Waals surface area contributed by atoms with Crippen molar-refractivity contribution in [2.24, 2.45) is 0 Å². The molecule has 178 valence electrons. The molecule has 4 rings (SSSR count). The lowest BCUT2D eigenvalue weighted by atomic mass is 10.2. The largest absolute Gasteiger partial charge is 0.448 e. The summed E-state index contributed by atoms with van der Waals surface area (Å²) in [6.07, 6.45) is 0.628. The van der Waals surface area contributed by atoms with E-state index in [2.05, 4.69) is 10.3 Å². The summed E-state index contributed by atoms with van der Waals surface area (Å²) in [5.41, 5.74) is 0.636. The number of carbonyl (C=O) groups is 1. The van der Waals surface area contributed by atoms with Gasteiger partial charge < -0.3 is 14.5 Å². The van der Waals surface area contributed by atoms with E-state index in [0.717, 1.165) is 23.9 Å². The average molecular weight is 488 g/mol. The number of rotatable bonds is 9.